The Bertz CT molecular complexity index is 565. The molecule has 1 aromatic heterocycles. The lowest BCUT2D eigenvalue weighted by atomic mass is 10.3. The predicted octanol–water partition coefficient (Wildman–Crippen LogP) is 4.83. The van der Waals surface area contributed by atoms with Crippen LogP contribution in [0.5, 0.6) is 0 Å². The number of nitrogens with one attached hydrogen (secondary N) is 1. The molecule has 1 amide bonds. The van der Waals surface area contributed by atoms with Crippen molar-refractivity contribution >= 4 is 54.8 Å². The smallest absolute Gasteiger partial charge is 0.265 e. The number of carbonyl (C=O) groups is 1. The Kier molecular flexibility index (Phi) is 4.01. The van der Waals surface area contributed by atoms with Gasteiger partial charge >= 0.3 is 0 Å². The number of aryl methyl sites for hydroxylation is 1. The van der Waals surface area contributed by atoms with Crippen LogP contribution in [0.3, 0.4) is 0 Å². The third-order valence-electron chi connectivity index (χ3n) is 2.14. The van der Waals surface area contributed by atoms with E-state index in [0.29, 0.717) is 0 Å². The van der Waals surface area contributed by atoms with Gasteiger partial charge < -0.3 is 5.32 Å². The van der Waals surface area contributed by atoms with E-state index in [1.165, 1.54) is 11.3 Å². The molecule has 1 aromatic carbocycles. The van der Waals surface area contributed by atoms with Crippen LogP contribution in [0.4, 0.5) is 5.69 Å². The van der Waals surface area contributed by atoms with Gasteiger partial charge in [-0.3, -0.25) is 4.79 Å². The third kappa shape index (κ3) is 3.18. The molecule has 1 heterocycles. The largest absolute Gasteiger partial charge is 0.320 e. The molecule has 2 nitrogen and oxygen atoms in total. The molecule has 0 unspecified atom stereocenters. The molecule has 0 saturated carbocycles. The maximum atomic E-state index is 12.0. The lowest BCUT2D eigenvalue weighted by Gasteiger charge is -2.06. The SMILES string of the molecule is Cc1ccc(C(=O)Nc2cc(Br)ccc2Br)s1. The van der Waals surface area contributed by atoms with Gasteiger partial charge in [0.1, 0.15) is 0 Å². The van der Waals surface area contributed by atoms with Crippen molar-refractivity contribution in [1.82, 2.24) is 0 Å². The highest BCUT2D eigenvalue weighted by atomic mass is 79.9. The zero-order chi connectivity index (χ0) is 12.4. The first-order valence-corrected chi connectivity index (χ1v) is 7.29. The molecule has 0 fully saturated rings. The monoisotopic (exact) mass is 373 g/mol. The molecule has 0 bridgehead atoms. The molecule has 5 heteroatoms. The minimum atomic E-state index is -0.0816. The Labute approximate surface area is 120 Å². The second kappa shape index (κ2) is 5.33. The molecule has 0 spiro atoms. The van der Waals surface area contributed by atoms with Crippen LogP contribution in [0.25, 0.3) is 0 Å². The van der Waals surface area contributed by atoms with Gasteiger partial charge in [0, 0.05) is 13.8 Å². The van der Waals surface area contributed by atoms with E-state index in [9.17, 15) is 4.79 Å². The molecule has 0 aliphatic heterocycles. The highest BCUT2D eigenvalue weighted by Gasteiger charge is 2.10. The number of halogens is 2. The average molecular weight is 375 g/mol. The van der Waals surface area contributed by atoms with Gasteiger partial charge in [0.15, 0.2) is 0 Å². The van der Waals surface area contributed by atoms with Crippen LogP contribution in [0.2, 0.25) is 0 Å². The fraction of sp³-hybridized carbons (Fsp3) is 0.0833. The number of carbonyl (C=O) groups excluding carboxylic acids is 1. The lowest BCUT2D eigenvalue weighted by Crippen LogP contribution is -2.10. The van der Waals surface area contributed by atoms with Crippen molar-refractivity contribution in [3.05, 3.63) is 49.0 Å². The molecular formula is C12H9Br2NOS. The molecule has 0 saturated heterocycles. The summed E-state index contributed by atoms with van der Waals surface area (Å²) in [4.78, 5) is 13.8. The van der Waals surface area contributed by atoms with E-state index in [0.717, 1.165) is 24.4 Å². The van der Waals surface area contributed by atoms with Gasteiger partial charge in [0.05, 0.1) is 10.6 Å². The minimum absolute atomic E-state index is 0.0816. The van der Waals surface area contributed by atoms with E-state index < -0.39 is 0 Å². The molecule has 0 radical (unpaired) electrons. The topological polar surface area (TPSA) is 29.1 Å². The van der Waals surface area contributed by atoms with Crippen molar-refractivity contribution in [2.24, 2.45) is 0 Å². The predicted molar refractivity (Wildman–Crippen MR) is 78.9 cm³/mol. The number of thiophene rings is 1. The fourth-order valence-electron chi connectivity index (χ4n) is 1.33. The van der Waals surface area contributed by atoms with Crippen molar-refractivity contribution in [1.29, 1.82) is 0 Å². The zero-order valence-corrected chi connectivity index (χ0v) is 12.9. The zero-order valence-electron chi connectivity index (χ0n) is 8.96. The molecule has 2 rings (SSSR count). The highest BCUT2D eigenvalue weighted by Crippen LogP contribution is 2.27. The molecule has 0 atom stereocenters. The first-order valence-electron chi connectivity index (χ1n) is 4.89. The Morgan fingerprint density at radius 3 is 2.65 bits per heavy atom. The van der Waals surface area contributed by atoms with Crippen molar-refractivity contribution in [2.75, 3.05) is 5.32 Å². The van der Waals surface area contributed by atoms with Gasteiger partial charge in [-0.2, -0.15) is 0 Å². The third-order valence-corrected chi connectivity index (χ3v) is 4.32. The molecule has 88 valence electrons. The van der Waals surface area contributed by atoms with Gasteiger partial charge in [-0.15, -0.1) is 11.3 Å². The van der Waals surface area contributed by atoms with Crippen molar-refractivity contribution < 1.29 is 4.79 Å². The van der Waals surface area contributed by atoms with E-state index >= 15 is 0 Å². The van der Waals surface area contributed by atoms with Crippen LogP contribution >= 0.6 is 43.2 Å². The van der Waals surface area contributed by atoms with E-state index in [1.54, 1.807) is 0 Å². The maximum Gasteiger partial charge on any atom is 0.265 e. The normalized spacial score (nSPS) is 10.3. The Morgan fingerprint density at radius 1 is 1.24 bits per heavy atom. The summed E-state index contributed by atoms with van der Waals surface area (Å²) in [6.07, 6.45) is 0. The molecule has 17 heavy (non-hydrogen) atoms. The summed E-state index contributed by atoms with van der Waals surface area (Å²) < 4.78 is 1.79. The van der Waals surface area contributed by atoms with Crippen molar-refractivity contribution in [3.63, 3.8) is 0 Å². The summed E-state index contributed by atoms with van der Waals surface area (Å²) in [6, 6.07) is 9.44. The summed E-state index contributed by atoms with van der Waals surface area (Å²) in [5, 5.41) is 2.88. The van der Waals surface area contributed by atoms with E-state index in [2.05, 4.69) is 37.2 Å². The lowest BCUT2D eigenvalue weighted by molar-refractivity contribution is 0.103. The standard InChI is InChI=1S/C12H9Br2NOS/c1-7-2-5-11(17-7)12(16)15-10-6-8(13)3-4-9(10)14/h2-6H,1H3,(H,15,16). The number of anilines is 1. The van der Waals surface area contributed by atoms with Gasteiger partial charge in [-0.25, -0.2) is 0 Å². The first-order chi connectivity index (χ1) is 8.06. The summed E-state index contributed by atoms with van der Waals surface area (Å²) >= 11 is 8.27. The van der Waals surface area contributed by atoms with E-state index in [4.69, 9.17) is 0 Å². The van der Waals surface area contributed by atoms with Crippen LogP contribution in [-0.2, 0) is 0 Å². The average Bonchev–Trinajstić information content (AvgIpc) is 2.70. The summed E-state index contributed by atoms with van der Waals surface area (Å²) in [7, 11) is 0. The number of hydrogen-bond donors (Lipinski definition) is 1. The fourth-order valence-corrected chi connectivity index (χ4v) is 2.80. The van der Waals surface area contributed by atoms with E-state index in [-0.39, 0.29) is 5.91 Å². The van der Waals surface area contributed by atoms with Gasteiger partial charge in [0.2, 0.25) is 0 Å². The second-order valence-corrected chi connectivity index (χ2v) is 6.55. The Morgan fingerprint density at radius 2 is 2.00 bits per heavy atom. The van der Waals surface area contributed by atoms with Crippen molar-refractivity contribution in [2.45, 2.75) is 6.92 Å². The minimum Gasteiger partial charge on any atom is -0.320 e. The van der Waals surface area contributed by atoms with Crippen molar-refractivity contribution in [3.8, 4) is 0 Å². The van der Waals surface area contributed by atoms with Crippen LogP contribution < -0.4 is 5.32 Å². The summed E-state index contributed by atoms with van der Waals surface area (Å²) in [5.41, 5.74) is 0.760. The van der Waals surface area contributed by atoms with Crippen LogP contribution in [0.15, 0.2) is 39.3 Å². The first kappa shape index (κ1) is 12.8. The number of rotatable bonds is 2. The number of benzene rings is 1. The quantitative estimate of drug-likeness (QED) is 0.800. The van der Waals surface area contributed by atoms with Gasteiger partial charge in [0.25, 0.3) is 5.91 Å². The molecule has 2 aromatic rings. The van der Waals surface area contributed by atoms with Crippen LogP contribution in [0.1, 0.15) is 14.5 Å². The highest BCUT2D eigenvalue weighted by molar-refractivity contribution is 9.11. The maximum absolute atomic E-state index is 12.0. The Balaban J connectivity index is 2.21. The van der Waals surface area contributed by atoms with Gasteiger partial charge in [-0.1, -0.05) is 15.9 Å². The molecule has 1 N–H and O–H groups in total. The molecule has 0 aliphatic rings. The Hall–Kier alpha value is -0.650. The van der Waals surface area contributed by atoms with Gasteiger partial charge in [-0.05, 0) is 53.2 Å². The van der Waals surface area contributed by atoms with E-state index in [1.807, 2.05) is 37.3 Å². The molecule has 0 aliphatic carbocycles. The van der Waals surface area contributed by atoms with Crippen LogP contribution in [-0.4, -0.2) is 5.91 Å². The van der Waals surface area contributed by atoms with Crippen LogP contribution in [0, 0.1) is 6.92 Å². The second-order valence-electron chi connectivity index (χ2n) is 3.49. The summed E-state index contributed by atoms with van der Waals surface area (Å²) in [5.74, 6) is -0.0816. The number of amides is 1. The molecular weight excluding hydrogens is 366 g/mol. The number of hydrogen-bond acceptors (Lipinski definition) is 2. The summed E-state index contributed by atoms with van der Waals surface area (Å²) in [6.45, 7) is 1.98.